The third-order valence-corrected chi connectivity index (χ3v) is 2.00. The van der Waals surface area contributed by atoms with Gasteiger partial charge in [0, 0.05) is 6.42 Å². The Labute approximate surface area is 79.1 Å². The van der Waals surface area contributed by atoms with Crippen molar-refractivity contribution in [2.24, 2.45) is 0 Å². The third kappa shape index (κ3) is 7.65. The summed E-state index contributed by atoms with van der Waals surface area (Å²) in [5, 5.41) is 9.35. The van der Waals surface area contributed by atoms with Crippen LogP contribution in [-0.2, 0) is 9.59 Å². The molecular formula is C10H18O3. The van der Waals surface area contributed by atoms with Crippen molar-refractivity contribution in [3.8, 4) is 0 Å². The Balaban J connectivity index is 3.34. The summed E-state index contributed by atoms with van der Waals surface area (Å²) in [6.07, 6.45) is 4.46. The van der Waals surface area contributed by atoms with Crippen molar-refractivity contribution in [2.45, 2.75) is 51.6 Å². The van der Waals surface area contributed by atoms with Crippen LogP contribution in [0.2, 0.25) is 0 Å². The molecule has 0 rings (SSSR count). The maximum absolute atomic E-state index is 10.6. The Hall–Kier alpha value is -0.700. The van der Waals surface area contributed by atoms with Gasteiger partial charge in [0.05, 0.1) is 6.10 Å². The van der Waals surface area contributed by atoms with Crippen LogP contribution in [0.4, 0.5) is 0 Å². The molecule has 0 aliphatic rings. The fourth-order valence-corrected chi connectivity index (χ4v) is 1.14. The summed E-state index contributed by atoms with van der Waals surface area (Å²) in [7, 11) is 0. The molecule has 13 heavy (non-hydrogen) atoms. The van der Waals surface area contributed by atoms with E-state index in [0.717, 1.165) is 25.7 Å². The first kappa shape index (κ1) is 12.3. The highest BCUT2D eigenvalue weighted by Gasteiger charge is 2.06. The quantitative estimate of drug-likeness (QED) is 0.355. The van der Waals surface area contributed by atoms with Crippen LogP contribution in [0.25, 0.3) is 0 Å². The van der Waals surface area contributed by atoms with Gasteiger partial charge in [-0.3, -0.25) is 9.59 Å². The SMILES string of the molecule is CCCCCC(O)CCC(=O)C=O. The van der Waals surface area contributed by atoms with Crippen LogP contribution in [0, 0.1) is 0 Å². The zero-order chi connectivity index (χ0) is 10.1. The summed E-state index contributed by atoms with van der Waals surface area (Å²) >= 11 is 0. The number of rotatable bonds is 8. The smallest absolute Gasteiger partial charge is 0.195 e. The molecule has 3 nitrogen and oxygen atoms in total. The second kappa shape index (κ2) is 7.92. The zero-order valence-corrected chi connectivity index (χ0v) is 8.16. The van der Waals surface area contributed by atoms with Gasteiger partial charge in [-0.1, -0.05) is 26.2 Å². The van der Waals surface area contributed by atoms with Gasteiger partial charge in [-0.2, -0.15) is 0 Å². The third-order valence-electron chi connectivity index (χ3n) is 2.00. The van der Waals surface area contributed by atoms with E-state index < -0.39 is 11.9 Å². The Morgan fingerprint density at radius 3 is 2.62 bits per heavy atom. The van der Waals surface area contributed by atoms with E-state index in [1.807, 2.05) is 0 Å². The van der Waals surface area contributed by atoms with Gasteiger partial charge in [-0.05, 0) is 12.8 Å². The van der Waals surface area contributed by atoms with E-state index in [1.54, 1.807) is 0 Å². The lowest BCUT2D eigenvalue weighted by atomic mass is 10.1. The van der Waals surface area contributed by atoms with Crippen molar-refractivity contribution < 1.29 is 14.7 Å². The highest BCUT2D eigenvalue weighted by atomic mass is 16.3. The topological polar surface area (TPSA) is 54.4 Å². The molecule has 1 unspecified atom stereocenters. The second-order valence-electron chi connectivity index (χ2n) is 3.27. The minimum Gasteiger partial charge on any atom is -0.393 e. The standard InChI is InChI=1S/C10H18O3/c1-2-3-4-5-9(12)6-7-10(13)8-11/h8-9,12H,2-7H2,1H3. The number of ketones is 1. The van der Waals surface area contributed by atoms with Gasteiger partial charge < -0.3 is 5.11 Å². The van der Waals surface area contributed by atoms with E-state index in [1.165, 1.54) is 0 Å². The van der Waals surface area contributed by atoms with E-state index in [-0.39, 0.29) is 6.42 Å². The highest BCUT2D eigenvalue weighted by molar-refractivity contribution is 6.24. The lowest BCUT2D eigenvalue weighted by molar-refractivity contribution is -0.130. The van der Waals surface area contributed by atoms with Crippen molar-refractivity contribution >= 4 is 12.1 Å². The van der Waals surface area contributed by atoms with Crippen LogP contribution in [0.1, 0.15) is 45.4 Å². The number of aldehydes is 1. The molecule has 0 aromatic carbocycles. The molecule has 0 aromatic heterocycles. The van der Waals surface area contributed by atoms with Crippen molar-refractivity contribution in [1.29, 1.82) is 0 Å². The van der Waals surface area contributed by atoms with Crippen LogP contribution in [-0.4, -0.2) is 23.3 Å². The lowest BCUT2D eigenvalue weighted by Crippen LogP contribution is -2.10. The van der Waals surface area contributed by atoms with Crippen molar-refractivity contribution in [3.05, 3.63) is 0 Å². The molecule has 0 heterocycles. The van der Waals surface area contributed by atoms with Crippen LogP contribution >= 0.6 is 0 Å². The maximum Gasteiger partial charge on any atom is 0.195 e. The highest BCUT2D eigenvalue weighted by Crippen LogP contribution is 2.07. The lowest BCUT2D eigenvalue weighted by Gasteiger charge is -2.07. The monoisotopic (exact) mass is 186 g/mol. The first-order chi connectivity index (χ1) is 6.20. The molecule has 0 fully saturated rings. The first-order valence-electron chi connectivity index (χ1n) is 4.86. The number of hydrogen-bond donors (Lipinski definition) is 1. The fourth-order valence-electron chi connectivity index (χ4n) is 1.14. The Morgan fingerprint density at radius 2 is 2.08 bits per heavy atom. The maximum atomic E-state index is 10.6. The zero-order valence-electron chi connectivity index (χ0n) is 8.16. The van der Waals surface area contributed by atoms with Crippen molar-refractivity contribution in [3.63, 3.8) is 0 Å². The second-order valence-corrected chi connectivity index (χ2v) is 3.27. The number of aliphatic hydroxyl groups is 1. The van der Waals surface area contributed by atoms with E-state index in [9.17, 15) is 14.7 Å². The molecule has 0 saturated heterocycles. The number of carbonyl (C=O) groups excluding carboxylic acids is 2. The van der Waals surface area contributed by atoms with Gasteiger partial charge in [0.1, 0.15) is 0 Å². The summed E-state index contributed by atoms with van der Waals surface area (Å²) in [4.78, 5) is 20.5. The Bertz CT molecular complexity index is 154. The average molecular weight is 186 g/mol. The summed E-state index contributed by atoms with van der Waals surface area (Å²) in [5.74, 6) is -0.422. The molecule has 0 aromatic rings. The molecule has 0 amide bonds. The minimum atomic E-state index is -0.422. The van der Waals surface area contributed by atoms with E-state index in [2.05, 4.69) is 6.92 Å². The largest absolute Gasteiger partial charge is 0.393 e. The number of Topliss-reactive ketones (excluding diaryl/α,β-unsaturated/α-hetero) is 1. The van der Waals surface area contributed by atoms with Crippen LogP contribution in [0.3, 0.4) is 0 Å². The van der Waals surface area contributed by atoms with Gasteiger partial charge in [0.2, 0.25) is 0 Å². The number of carbonyl (C=O) groups is 2. The molecular weight excluding hydrogens is 168 g/mol. The minimum absolute atomic E-state index is 0.177. The molecule has 0 bridgehead atoms. The fraction of sp³-hybridized carbons (Fsp3) is 0.800. The molecule has 76 valence electrons. The van der Waals surface area contributed by atoms with E-state index >= 15 is 0 Å². The molecule has 1 N–H and O–H groups in total. The van der Waals surface area contributed by atoms with Crippen molar-refractivity contribution in [1.82, 2.24) is 0 Å². The van der Waals surface area contributed by atoms with E-state index in [4.69, 9.17) is 0 Å². The van der Waals surface area contributed by atoms with Crippen molar-refractivity contribution in [2.75, 3.05) is 0 Å². The Morgan fingerprint density at radius 1 is 1.38 bits per heavy atom. The van der Waals surface area contributed by atoms with Gasteiger partial charge >= 0.3 is 0 Å². The van der Waals surface area contributed by atoms with Gasteiger partial charge in [-0.15, -0.1) is 0 Å². The molecule has 0 spiro atoms. The predicted molar refractivity (Wildman–Crippen MR) is 50.5 cm³/mol. The Kier molecular flexibility index (Phi) is 7.50. The summed E-state index contributed by atoms with van der Waals surface area (Å²) < 4.78 is 0. The number of aliphatic hydroxyl groups excluding tert-OH is 1. The van der Waals surface area contributed by atoms with Crippen LogP contribution in [0.5, 0.6) is 0 Å². The normalized spacial score (nSPS) is 12.5. The van der Waals surface area contributed by atoms with Gasteiger partial charge in [-0.25, -0.2) is 0 Å². The molecule has 0 aliphatic heterocycles. The summed E-state index contributed by atoms with van der Waals surface area (Å²) in [6.45, 7) is 2.10. The summed E-state index contributed by atoms with van der Waals surface area (Å²) in [5.41, 5.74) is 0. The first-order valence-corrected chi connectivity index (χ1v) is 4.86. The van der Waals surface area contributed by atoms with Gasteiger partial charge in [0.25, 0.3) is 0 Å². The molecule has 0 saturated carbocycles. The predicted octanol–water partition coefficient (Wildman–Crippen LogP) is 1.48. The van der Waals surface area contributed by atoms with E-state index in [0.29, 0.717) is 12.7 Å². The molecule has 0 radical (unpaired) electrons. The molecule has 0 aliphatic carbocycles. The number of unbranched alkanes of at least 4 members (excludes halogenated alkanes) is 2. The molecule has 1 atom stereocenters. The van der Waals surface area contributed by atoms with Gasteiger partial charge in [0.15, 0.2) is 12.1 Å². The number of hydrogen-bond acceptors (Lipinski definition) is 3. The molecule has 3 heteroatoms. The average Bonchev–Trinajstić information content (AvgIpc) is 2.14. The summed E-state index contributed by atoms with van der Waals surface area (Å²) in [6, 6.07) is 0. The van der Waals surface area contributed by atoms with Crippen LogP contribution in [0.15, 0.2) is 0 Å². The van der Waals surface area contributed by atoms with Crippen LogP contribution < -0.4 is 0 Å².